The number of hydrogen-bond donors (Lipinski definition) is 1. The Morgan fingerprint density at radius 3 is 2.45 bits per heavy atom. The van der Waals surface area contributed by atoms with Gasteiger partial charge >= 0.3 is 5.97 Å². The summed E-state index contributed by atoms with van der Waals surface area (Å²) in [4.78, 5) is 42.8. The summed E-state index contributed by atoms with van der Waals surface area (Å²) in [6.45, 7) is 4.27. The summed E-state index contributed by atoms with van der Waals surface area (Å²) in [6.07, 6.45) is 1.67. The second-order valence-electron chi connectivity index (χ2n) is 7.59. The number of carbonyl (C=O) groups excluding carboxylic acids is 3. The highest BCUT2D eigenvalue weighted by atomic mass is 16.5. The van der Waals surface area contributed by atoms with E-state index >= 15 is 0 Å². The highest BCUT2D eigenvalue weighted by Gasteiger charge is 2.28. The Hall–Kier alpha value is -3.13. The van der Waals surface area contributed by atoms with Crippen LogP contribution in [0.1, 0.15) is 55.3 Å². The summed E-state index contributed by atoms with van der Waals surface area (Å²) in [6, 6.07) is 6.78. The van der Waals surface area contributed by atoms with E-state index in [4.69, 9.17) is 14.2 Å². The molecule has 31 heavy (non-hydrogen) atoms. The van der Waals surface area contributed by atoms with Gasteiger partial charge in [0.25, 0.3) is 5.91 Å². The van der Waals surface area contributed by atoms with Crippen molar-refractivity contribution in [2.24, 2.45) is 0 Å². The fraction of sp³-hybridized carbons (Fsp3) is 0.435. The van der Waals surface area contributed by atoms with Gasteiger partial charge in [0.05, 0.1) is 26.9 Å². The van der Waals surface area contributed by atoms with Gasteiger partial charge in [-0.05, 0) is 56.5 Å². The maximum Gasteiger partial charge on any atom is 0.354 e. The van der Waals surface area contributed by atoms with E-state index < -0.39 is 5.97 Å². The van der Waals surface area contributed by atoms with Crippen LogP contribution in [0.3, 0.4) is 0 Å². The number of aryl methyl sites for hydroxylation is 1. The number of nitrogens with zero attached hydrogens (tertiary/aromatic N) is 1. The molecule has 1 atom stereocenters. The van der Waals surface area contributed by atoms with Crippen molar-refractivity contribution in [3.8, 4) is 5.75 Å². The van der Waals surface area contributed by atoms with E-state index in [1.165, 1.54) is 12.0 Å². The number of esters is 1. The quantitative estimate of drug-likeness (QED) is 0.513. The third-order valence-corrected chi connectivity index (χ3v) is 5.51. The van der Waals surface area contributed by atoms with Crippen molar-refractivity contribution in [1.82, 2.24) is 9.88 Å². The largest absolute Gasteiger partial charge is 0.497 e. The first kappa shape index (κ1) is 22.6. The second-order valence-corrected chi connectivity index (χ2v) is 7.59. The van der Waals surface area contributed by atoms with Gasteiger partial charge in [0.2, 0.25) is 0 Å². The molecule has 1 aliphatic rings. The standard InChI is InChI=1S/C23H28N2O6/c1-14-20(15(2)24-21(14)23(28)30-4)19(26)13-25(12-18-6-5-11-31-18)22(27)16-7-9-17(29-3)10-8-16/h7-10,18,24H,5-6,11-13H2,1-4H3. The van der Waals surface area contributed by atoms with Crippen LogP contribution in [0.25, 0.3) is 0 Å². The molecule has 1 aromatic carbocycles. The minimum Gasteiger partial charge on any atom is -0.497 e. The monoisotopic (exact) mass is 428 g/mol. The summed E-state index contributed by atoms with van der Waals surface area (Å²) in [5, 5.41) is 0. The van der Waals surface area contributed by atoms with Gasteiger partial charge in [0.1, 0.15) is 11.4 Å². The third-order valence-electron chi connectivity index (χ3n) is 5.51. The molecule has 0 aliphatic carbocycles. The number of methoxy groups -OCH3 is 2. The first-order valence-corrected chi connectivity index (χ1v) is 10.2. The van der Waals surface area contributed by atoms with Crippen molar-refractivity contribution in [1.29, 1.82) is 0 Å². The zero-order valence-electron chi connectivity index (χ0n) is 18.3. The lowest BCUT2D eigenvalue weighted by atomic mass is 10.0. The lowest BCUT2D eigenvalue weighted by Crippen LogP contribution is -2.41. The first-order chi connectivity index (χ1) is 14.8. The maximum atomic E-state index is 13.2. The molecule has 0 spiro atoms. The molecule has 8 nitrogen and oxygen atoms in total. The smallest absolute Gasteiger partial charge is 0.354 e. The lowest BCUT2D eigenvalue weighted by molar-refractivity contribution is 0.0506. The Bertz CT molecular complexity index is 957. The van der Waals surface area contributed by atoms with Crippen LogP contribution in [0, 0.1) is 13.8 Å². The Morgan fingerprint density at radius 2 is 1.87 bits per heavy atom. The Kier molecular flexibility index (Phi) is 7.12. The molecule has 1 aliphatic heterocycles. The summed E-state index contributed by atoms with van der Waals surface area (Å²) in [5.74, 6) is -0.399. The van der Waals surface area contributed by atoms with E-state index in [2.05, 4.69) is 4.98 Å². The molecule has 1 N–H and O–H groups in total. The molecule has 0 bridgehead atoms. The number of hydrogen-bond acceptors (Lipinski definition) is 6. The number of ketones is 1. The average Bonchev–Trinajstić information content (AvgIpc) is 3.39. The van der Waals surface area contributed by atoms with Crippen LogP contribution >= 0.6 is 0 Å². The predicted molar refractivity (Wildman–Crippen MR) is 114 cm³/mol. The van der Waals surface area contributed by atoms with Crippen molar-refractivity contribution in [2.75, 3.05) is 33.9 Å². The molecular weight excluding hydrogens is 400 g/mol. The van der Waals surface area contributed by atoms with E-state index in [0.717, 1.165) is 12.8 Å². The Morgan fingerprint density at radius 1 is 1.16 bits per heavy atom. The molecule has 166 valence electrons. The number of aromatic nitrogens is 1. The molecule has 1 fully saturated rings. The minimum absolute atomic E-state index is 0.103. The number of ether oxygens (including phenoxy) is 3. The van der Waals surface area contributed by atoms with Gasteiger partial charge in [-0.3, -0.25) is 9.59 Å². The molecule has 2 heterocycles. The highest BCUT2D eigenvalue weighted by molar-refractivity contribution is 6.05. The number of benzene rings is 1. The van der Waals surface area contributed by atoms with Crippen LogP contribution in [0.4, 0.5) is 0 Å². The number of nitrogens with one attached hydrogen (secondary N) is 1. The topological polar surface area (TPSA) is 97.9 Å². The third kappa shape index (κ3) is 4.96. The van der Waals surface area contributed by atoms with E-state index in [1.807, 2.05) is 0 Å². The molecule has 1 unspecified atom stereocenters. The van der Waals surface area contributed by atoms with Crippen LogP contribution < -0.4 is 4.74 Å². The molecular formula is C23H28N2O6. The number of H-pyrrole nitrogens is 1. The Labute approximate surface area is 181 Å². The first-order valence-electron chi connectivity index (χ1n) is 10.2. The molecule has 0 radical (unpaired) electrons. The molecule has 3 rings (SSSR count). The van der Waals surface area contributed by atoms with Crippen molar-refractivity contribution >= 4 is 17.7 Å². The van der Waals surface area contributed by atoms with E-state index in [-0.39, 0.29) is 30.0 Å². The molecule has 0 saturated carbocycles. The minimum atomic E-state index is -0.537. The molecule has 1 amide bonds. The van der Waals surface area contributed by atoms with Crippen LogP contribution in [0.5, 0.6) is 5.75 Å². The normalized spacial score (nSPS) is 15.5. The lowest BCUT2D eigenvalue weighted by Gasteiger charge is -2.25. The average molecular weight is 428 g/mol. The summed E-state index contributed by atoms with van der Waals surface area (Å²) in [7, 11) is 2.85. The van der Waals surface area contributed by atoms with E-state index in [0.29, 0.717) is 41.3 Å². The molecule has 1 aromatic heterocycles. The zero-order valence-corrected chi connectivity index (χ0v) is 18.3. The van der Waals surface area contributed by atoms with Gasteiger partial charge in [0, 0.05) is 30.0 Å². The molecule has 2 aromatic rings. The van der Waals surface area contributed by atoms with Gasteiger partial charge in [-0.2, -0.15) is 0 Å². The SMILES string of the molecule is COC(=O)c1[nH]c(C)c(C(=O)CN(CC2CCCO2)C(=O)c2ccc(OC)cc2)c1C. The molecule has 8 heteroatoms. The van der Waals surface area contributed by atoms with Gasteiger partial charge in [-0.15, -0.1) is 0 Å². The van der Waals surface area contributed by atoms with Crippen LogP contribution in [0.15, 0.2) is 24.3 Å². The summed E-state index contributed by atoms with van der Waals surface area (Å²) in [5.41, 5.74) is 2.19. The number of aromatic amines is 1. The van der Waals surface area contributed by atoms with Crippen molar-refractivity contribution in [3.05, 3.63) is 52.3 Å². The van der Waals surface area contributed by atoms with Crippen molar-refractivity contribution in [2.45, 2.75) is 32.8 Å². The van der Waals surface area contributed by atoms with Crippen LogP contribution in [0.2, 0.25) is 0 Å². The fourth-order valence-corrected chi connectivity index (χ4v) is 3.90. The van der Waals surface area contributed by atoms with Crippen LogP contribution in [-0.2, 0) is 9.47 Å². The summed E-state index contributed by atoms with van der Waals surface area (Å²) < 4.78 is 15.6. The van der Waals surface area contributed by atoms with Gasteiger partial charge in [-0.25, -0.2) is 4.79 Å². The van der Waals surface area contributed by atoms with E-state index in [1.54, 1.807) is 45.2 Å². The number of rotatable bonds is 8. The predicted octanol–water partition coefficient (Wildman–Crippen LogP) is 2.93. The van der Waals surface area contributed by atoms with Crippen LogP contribution in [-0.4, -0.2) is 67.6 Å². The number of Topliss-reactive ketones (excluding diaryl/α,β-unsaturated/α-hetero) is 1. The summed E-state index contributed by atoms with van der Waals surface area (Å²) >= 11 is 0. The van der Waals surface area contributed by atoms with E-state index in [9.17, 15) is 14.4 Å². The number of carbonyl (C=O) groups is 3. The highest BCUT2D eigenvalue weighted by Crippen LogP contribution is 2.22. The van der Waals surface area contributed by atoms with Gasteiger partial charge in [-0.1, -0.05) is 0 Å². The van der Waals surface area contributed by atoms with Gasteiger partial charge < -0.3 is 24.1 Å². The molecule has 1 saturated heterocycles. The number of amides is 1. The Balaban J connectivity index is 1.85. The fourth-order valence-electron chi connectivity index (χ4n) is 3.90. The zero-order chi connectivity index (χ0) is 22.5. The van der Waals surface area contributed by atoms with Crippen molar-refractivity contribution in [3.63, 3.8) is 0 Å². The van der Waals surface area contributed by atoms with Gasteiger partial charge in [0.15, 0.2) is 5.78 Å². The van der Waals surface area contributed by atoms with Crippen molar-refractivity contribution < 1.29 is 28.6 Å². The second kappa shape index (κ2) is 9.78. The maximum absolute atomic E-state index is 13.2.